The molecule has 5 nitrogen and oxygen atoms in total. The van der Waals surface area contributed by atoms with Gasteiger partial charge in [-0.15, -0.1) is 0 Å². The zero-order valence-electron chi connectivity index (χ0n) is 15.0. The summed E-state index contributed by atoms with van der Waals surface area (Å²) in [5.41, 5.74) is 2.18. The molecular weight excluding hydrogens is 345 g/mol. The molecular formula is C21H22FN3O2. The van der Waals surface area contributed by atoms with Gasteiger partial charge >= 0.3 is 0 Å². The highest BCUT2D eigenvalue weighted by atomic mass is 19.1. The predicted molar refractivity (Wildman–Crippen MR) is 102 cm³/mol. The molecule has 27 heavy (non-hydrogen) atoms. The largest absolute Gasteiger partial charge is 0.423 e. The highest BCUT2D eigenvalue weighted by molar-refractivity contribution is 5.76. The van der Waals surface area contributed by atoms with Crippen LogP contribution in [0.1, 0.15) is 24.8 Å². The molecule has 1 aliphatic rings. The minimum Gasteiger partial charge on any atom is -0.423 e. The fourth-order valence-corrected chi connectivity index (χ4v) is 3.55. The number of carbonyl (C=O) groups is 1. The molecule has 1 N–H and O–H groups in total. The van der Waals surface area contributed by atoms with E-state index in [-0.39, 0.29) is 24.2 Å². The lowest BCUT2D eigenvalue weighted by Crippen LogP contribution is -2.40. The first kappa shape index (κ1) is 17.5. The van der Waals surface area contributed by atoms with E-state index < -0.39 is 0 Å². The minimum atomic E-state index is -0.261. The van der Waals surface area contributed by atoms with Crippen LogP contribution in [0.15, 0.2) is 52.9 Å². The summed E-state index contributed by atoms with van der Waals surface area (Å²) in [5.74, 6) is -0.328. The Bertz CT molecular complexity index is 907. The third-order valence-electron chi connectivity index (χ3n) is 5.02. The summed E-state index contributed by atoms with van der Waals surface area (Å²) in [4.78, 5) is 18.9. The number of aromatic nitrogens is 1. The molecule has 4 rings (SSSR count). The molecule has 2 aromatic carbocycles. The summed E-state index contributed by atoms with van der Waals surface area (Å²) in [6.07, 6.45) is 2.69. The highest BCUT2D eigenvalue weighted by Crippen LogP contribution is 2.28. The van der Waals surface area contributed by atoms with Gasteiger partial charge in [-0.2, -0.15) is 4.98 Å². The molecule has 3 aromatic rings. The molecule has 1 atom stereocenters. The molecule has 6 heteroatoms. The average molecular weight is 367 g/mol. The van der Waals surface area contributed by atoms with Crippen LogP contribution in [0, 0.1) is 5.82 Å². The average Bonchev–Trinajstić information content (AvgIpc) is 3.31. The number of hydrogen-bond donors (Lipinski definition) is 1. The molecule has 1 fully saturated rings. The summed E-state index contributed by atoms with van der Waals surface area (Å²) in [7, 11) is 0. The lowest BCUT2D eigenvalue weighted by molar-refractivity contribution is -0.121. The van der Waals surface area contributed by atoms with E-state index in [1.807, 2.05) is 24.3 Å². The smallest absolute Gasteiger partial charge is 0.298 e. The van der Waals surface area contributed by atoms with Gasteiger partial charge < -0.3 is 14.6 Å². The monoisotopic (exact) mass is 367 g/mol. The summed E-state index contributed by atoms with van der Waals surface area (Å²) >= 11 is 0. The molecule has 0 saturated carbocycles. The van der Waals surface area contributed by atoms with Gasteiger partial charge in [0, 0.05) is 19.5 Å². The van der Waals surface area contributed by atoms with E-state index in [1.165, 1.54) is 6.07 Å². The summed E-state index contributed by atoms with van der Waals surface area (Å²) in [5, 5.41) is 2.98. The molecule has 1 saturated heterocycles. The fourth-order valence-electron chi connectivity index (χ4n) is 3.55. The summed E-state index contributed by atoms with van der Waals surface area (Å²) < 4.78 is 19.5. The van der Waals surface area contributed by atoms with Crippen molar-refractivity contribution >= 4 is 23.0 Å². The minimum absolute atomic E-state index is 0.0670. The zero-order chi connectivity index (χ0) is 18.6. The molecule has 1 aliphatic heterocycles. The number of para-hydroxylation sites is 2. The van der Waals surface area contributed by atoms with Crippen molar-refractivity contribution < 1.29 is 13.6 Å². The van der Waals surface area contributed by atoms with Crippen molar-refractivity contribution in [2.75, 3.05) is 18.0 Å². The standard InChI is InChI=1S/C21H22FN3O2/c22-17-8-2-1-6-15(17)11-12-20(26)23-14-16-7-5-13-25(16)21-24-18-9-3-4-10-19(18)27-21/h1-4,6,8-10,16H,5,7,11-14H2,(H,23,26)/t16-/m1/s1. The number of nitrogens with one attached hydrogen (secondary N) is 1. The Morgan fingerprint density at radius 3 is 2.89 bits per heavy atom. The van der Waals surface area contributed by atoms with Gasteiger partial charge in [-0.1, -0.05) is 30.3 Å². The van der Waals surface area contributed by atoms with Gasteiger partial charge in [-0.05, 0) is 43.0 Å². The first-order chi connectivity index (χ1) is 13.2. The van der Waals surface area contributed by atoms with Gasteiger partial charge in [0.2, 0.25) is 5.91 Å². The van der Waals surface area contributed by atoms with E-state index in [2.05, 4.69) is 15.2 Å². The molecule has 0 radical (unpaired) electrons. The van der Waals surface area contributed by atoms with Crippen LogP contribution in [-0.2, 0) is 11.2 Å². The second-order valence-electron chi connectivity index (χ2n) is 6.85. The van der Waals surface area contributed by atoms with Gasteiger partial charge in [0.1, 0.15) is 11.3 Å². The van der Waals surface area contributed by atoms with Crippen molar-refractivity contribution in [3.63, 3.8) is 0 Å². The number of carbonyl (C=O) groups excluding carboxylic acids is 1. The number of amides is 1. The number of halogens is 1. The highest BCUT2D eigenvalue weighted by Gasteiger charge is 2.28. The Labute approximate surface area is 157 Å². The molecule has 1 amide bonds. The van der Waals surface area contributed by atoms with Gasteiger partial charge in [-0.25, -0.2) is 4.39 Å². The van der Waals surface area contributed by atoms with Crippen LogP contribution in [0.5, 0.6) is 0 Å². The van der Waals surface area contributed by atoms with E-state index in [0.29, 0.717) is 24.5 Å². The van der Waals surface area contributed by atoms with Crippen LogP contribution >= 0.6 is 0 Å². The third-order valence-corrected chi connectivity index (χ3v) is 5.02. The second kappa shape index (κ2) is 7.78. The SMILES string of the molecule is O=C(CCc1ccccc1F)NC[C@H]1CCCN1c1nc2ccccc2o1. The predicted octanol–water partition coefficient (Wildman–Crippen LogP) is 3.68. The normalized spacial score (nSPS) is 16.8. The first-order valence-corrected chi connectivity index (χ1v) is 9.33. The number of nitrogens with zero attached hydrogens (tertiary/aromatic N) is 2. The van der Waals surface area contributed by atoms with E-state index in [9.17, 15) is 9.18 Å². The number of rotatable bonds is 6. The third kappa shape index (κ3) is 3.94. The molecule has 0 bridgehead atoms. The van der Waals surface area contributed by atoms with E-state index in [0.717, 1.165) is 30.5 Å². The fraction of sp³-hybridized carbons (Fsp3) is 0.333. The van der Waals surface area contributed by atoms with Crippen molar-refractivity contribution in [1.82, 2.24) is 10.3 Å². The van der Waals surface area contributed by atoms with Gasteiger partial charge in [0.05, 0.1) is 6.04 Å². The Balaban J connectivity index is 1.33. The topological polar surface area (TPSA) is 58.4 Å². The van der Waals surface area contributed by atoms with E-state index in [1.54, 1.807) is 18.2 Å². The Kier molecular flexibility index (Phi) is 5.05. The van der Waals surface area contributed by atoms with Crippen molar-refractivity contribution in [3.8, 4) is 0 Å². The molecule has 0 spiro atoms. The van der Waals surface area contributed by atoms with Crippen molar-refractivity contribution in [3.05, 3.63) is 59.9 Å². The van der Waals surface area contributed by atoms with E-state index >= 15 is 0 Å². The second-order valence-corrected chi connectivity index (χ2v) is 6.85. The van der Waals surface area contributed by atoms with Crippen LogP contribution in [0.4, 0.5) is 10.4 Å². The van der Waals surface area contributed by atoms with Crippen LogP contribution < -0.4 is 10.2 Å². The van der Waals surface area contributed by atoms with Crippen LogP contribution in [-0.4, -0.2) is 30.0 Å². The van der Waals surface area contributed by atoms with Gasteiger partial charge in [0.25, 0.3) is 6.01 Å². The molecule has 0 aliphatic carbocycles. The number of hydrogen-bond acceptors (Lipinski definition) is 4. The van der Waals surface area contributed by atoms with Crippen molar-refractivity contribution in [2.45, 2.75) is 31.7 Å². The quantitative estimate of drug-likeness (QED) is 0.722. The summed E-state index contributed by atoms with van der Waals surface area (Å²) in [6, 6.07) is 15.0. The van der Waals surface area contributed by atoms with Crippen LogP contribution in [0.25, 0.3) is 11.1 Å². The molecule has 0 unspecified atom stereocenters. The Morgan fingerprint density at radius 2 is 2.04 bits per heavy atom. The summed E-state index contributed by atoms with van der Waals surface area (Å²) in [6.45, 7) is 1.40. The number of fused-ring (bicyclic) bond motifs is 1. The Morgan fingerprint density at radius 1 is 1.22 bits per heavy atom. The maximum atomic E-state index is 13.6. The maximum Gasteiger partial charge on any atom is 0.298 e. The number of aryl methyl sites for hydroxylation is 1. The van der Waals surface area contributed by atoms with Crippen molar-refractivity contribution in [2.24, 2.45) is 0 Å². The number of anilines is 1. The number of benzene rings is 2. The number of oxazole rings is 1. The molecule has 1 aromatic heterocycles. The Hall–Kier alpha value is -2.89. The maximum absolute atomic E-state index is 13.6. The van der Waals surface area contributed by atoms with Crippen LogP contribution in [0.3, 0.4) is 0 Å². The zero-order valence-corrected chi connectivity index (χ0v) is 15.0. The van der Waals surface area contributed by atoms with E-state index in [4.69, 9.17) is 4.42 Å². The van der Waals surface area contributed by atoms with Gasteiger partial charge in [-0.3, -0.25) is 4.79 Å². The van der Waals surface area contributed by atoms with Crippen LogP contribution in [0.2, 0.25) is 0 Å². The molecule has 2 heterocycles. The molecule has 140 valence electrons. The van der Waals surface area contributed by atoms with Crippen molar-refractivity contribution in [1.29, 1.82) is 0 Å². The lowest BCUT2D eigenvalue weighted by Gasteiger charge is -2.23. The van der Waals surface area contributed by atoms with Gasteiger partial charge in [0.15, 0.2) is 5.58 Å². The first-order valence-electron chi connectivity index (χ1n) is 9.33. The lowest BCUT2D eigenvalue weighted by atomic mass is 10.1.